The van der Waals surface area contributed by atoms with Gasteiger partial charge in [-0.1, -0.05) is 13.8 Å². The van der Waals surface area contributed by atoms with Crippen molar-refractivity contribution >= 4 is 16.9 Å². The summed E-state index contributed by atoms with van der Waals surface area (Å²) in [5, 5.41) is 10.3. The molecule has 1 heterocycles. The molecule has 0 aliphatic carbocycles. The predicted molar refractivity (Wildman–Crippen MR) is 81.5 cm³/mol. The Labute approximate surface area is 119 Å². The number of benzene rings is 1. The monoisotopic (exact) mass is 274 g/mol. The first-order chi connectivity index (χ1) is 9.38. The molecule has 0 amide bonds. The molecule has 1 aromatic heterocycles. The van der Waals surface area contributed by atoms with Gasteiger partial charge in [-0.05, 0) is 43.0 Å². The highest BCUT2D eigenvalue weighted by molar-refractivity contribution is 5.97. The van der Waals surface area contributed by atoms with Gasteiger partial charge in [-0.15, -0.1) is 0 Å². The number of carboxylic acids is 1. The Morgan fingerprint density at radius 1 is 1.35 bits per heavy atom. The fourth-order valence-corrected chi connectivity index (χ4v) is 3.11. The van der Waals surface area contributed by atoms with Crippen LogP contribution in [0.15, 0.2) is 12.1 Å². The van der Waals surface area contributed by atoms with Crippen LogP contribution in [0.3, 0.4) is 0 Å². The Bertz CT molecular complexity index is 669. The van der Waals surface area contributed by atoms with Gasteiger partial charge in [0.05, 0.1) is 11.1 Å². The Kier molecular flexibility index (Phi) is 3.86. The van der Waals surface area contributed by atoms with Crippen molar-refractivity contribution in [2.75, 3.05) is 6.54 Å². The van der Waals surface area contributed by atoms with E-state index >= 15 is 0 Å². The van der Waals surface area contributed by atoms with Crippen LogP contribution in [0, 0.1) is 13.8 Å². The molecule has 4 nitrogen and oxygen atoms in total. The second-order valence-corrected chi connectivity index (χ2v) is 5.59. The highest BCUT2D eigenvalue weighted by atomic mass is 16.4. The topological polar surface area (TPSA) is 68.2 Å². The summed E-state index contributed by atoms with van der Waals surface area (Å²) in [4.78, 5) is 11.3. The second-order valence-electron chi connectivity index (χ2n) is 5.59. The van der Waals surface area contributed by atoms with E-state index in [1.165, 1.54) is 11.3 Å². The molecular formula is C16H22N2O2. The number of rotatable bonds is 4. The molecule has 0 atom stereocenters. The number of nitrogens with zero attached hydrogens (tertiary/aromatic N) is 1. The third-order valence-corrected chi connectivity index (χ3v) is 3.83. The fourth-order valence-electron chi connectivity index (χ4n) is 3.11. The lowest BCUT2D eigenvalue weighted by Gasteiger charge is -2.09. The van der Waals surface area contributed by atoms with Crippen LogP contribution in [0.5, 0.6) is 0 Å². The first-order valence-corrected chi connectivity index (χ1v) is 6.95. The average molecular weight is 274 g/mol. The molecule has 4 heteroatoms. The number of carboxylic acid groups (broad SMARTS) is 1. The number of hydrogen-bond donors (Lipinski definition) is 2. The van der Waals surface area contributed by atoms with E-state index in [9.17, 15) is 9.90 Å². The van der Waals surface area contributed by atoms with Gasteiger partial charge in [0, 0.05) is 24.2 Å². The first kappa shape index (κ1) is 14.6. The van der Waals surface area contributed by atoms with Crippen LogP contribution in [0.1, 0.15) is 46.9 Å². The molecule has 2 rings (SSSR count). The quantitative estimate of drug-likeness (QED) is 0.900. The Balaban J connectivity index is 2.89. The third-order valence-electron chi connectivity index (χ3n) is 3.83. The largest absolute Gasteiger partial charge is 0.478 e. The van der Waals surface area contributed by atoms with E-state index in [0.717, 1.165) is 23.0 Å². The van der Waals surface area contributed by atoms with Crippen LogP contribution < -0.4 is 5.73 Å². The highest BCUT2D eigenvalue weighted by Gasteiger charge is 2.19. The third kappa shape index (κ3) is 2.20. The first-order valence-electron chi connectivity index (χ1n) is 6.95. The van der Waals surface area contributed by atoms with Gasteiger partial charge in [0.2, 0.25) is 0 Å². The van der Waals surface area contributed by atoms with E-state index in [1.807, 2.05) is 6.92 Å². The zero-order valence-electron chi connectivity index (χ0n) is 12.5. The summed E-state index contributed by atoms with van der Waals surface area (Å²) in [5.74, 6) is -0.533. The van der Waals surface area contributed by atoms with Crippen molar-refractivity contribution in [3.63, 3.8) is 0 Å². The van der Waals surface area contributed by atoms with Crippen LogP contribution in [0.2, 0.25) is 0 Å². The number of aryl methyl sites for hydroxylation is 1. The number of fused-ring (bicyclic) bond motifs is 1. The molecule has 3 N–H and O–H groups in total. The summed E-state index contributed by atoms with van der Waals surface area (Å²) in [7, 11) is 0. The zero-order chi connectivity index (χ0) is 15.0. The maximum Gasteiger partial charge on any atom is 0.335 e. The van der Waals surface area contributed by atoms with Crippen LogP contribution in [0.25, 0.3) is 10.9 Å². The normalized spacial score (nSPS) is 11.5. The highest BCUT2D eigenvalue weighted by Crippen LogP contribution is 2.34. The average Bonchev–Trinajstić information content (AvgIpc) is 2.63. The molecule has 0 saturated heterocycles. The summed E-state index contributed by atoms with van der Waals surface area (Å²) in [5.41, 5.74) is 10.6. The molecular weight excluding hydrogens is 252 g/mol. The molecule has 0 aliphatic rings. The van der Waals surface area contributed by atoms with E-state index in [-0.39, 0.29) is 0 Å². The maximum atomic E-state index is 11.3. The van der Waals surface area contributed by atoms with Crippen molar-refractivity contribution in [1.29, 1.82) is 0 Å². The second kappa shape index (κ2) is 5.29. The minimum Gasteiger partial charge on any atom is -0.478 e. The van der Waals surface area contributed by atoms with E-state index in [4.69, 9.17) is 5.73 Å². The minimum atomic E-state index is -0.881. The number of aromatic nitrogens is 1. The molecule has 1 aromatic carbocycles. The van der Waals surface area contributed by atoms with Gasteiger partial charge in [0.15, 0.2) is 0 Å². The molecule has 0 unspecified atom stereocenters. The van der Waals surface area contributed by atoms with Crippen LogP contribution >= 0.6 is 0 Å². The Morgan fingerprint density at radius 2 is 2.00 bits per heavy atom. The molecule has 20 heavy (non-hydrogen) atoms. The summed E-state index contributed by atoms with van der Waals surface area (Å²) < 4.78 is 2.21. The van der Waals surface area contributed by atoms with Gasteiger partial charge in [0.1, 0.15) is 0 Å². The SMILES string of the molecule is Cc1cc(C(=O)O)cc2c(C(C)C)c(C)n(CCN)c12. The minimum absolute atomic E-state index is 0.347. The standard InChI is InChI=1S/C16H22N2O2/c1-9(2)14-11(4)18(6-5-17)15-10(3)7-12(16(19)20)8-13(14)15/h7-9H,5-6,17H2,1-4H3,(H,19,20). The molecule has 0 bridgehead atoms. The van der Waals surface area contributed by atoms with Gasteiger partial charge in [-0.25, -0.2) is 4.79 Å². The summed E-state index contributed by atoms with van der Waals surface area (Å²) >= 11 is 0. The fraction of sp³-hybridized carbons (Fsp3) is 0.438. The molecule has 108 valence electrons. The van der Waals surface area contributed by atoms with Crippen molar-refractivity contribution < 1.29 is 9.90 Å². The number of carbonyl (C=O) groups is 1. The molecule has 2 aromatic rings. The summed E-state index contributed by atoms with van der Waals surface area (Å²) in [6.07, 6.45) is 0. The van der Waals surface area contributed by atoms with Gasteiger partial charge in [0.25, 0.3) is 0 Å². The molecule has 0 aliphatic heterocycles. The molecule has 0 spiro atoms. The maximum absolute atomic E-state index is 11.3. The lowest BCUT2D eigenvalue weighted by Crippen LogP contribution is -2.11. The number of nitrogens with two attached hydrogens (primary N) is 1. The van der Waals surface area contributed by atoms with Crippen molar-refractivity contribution in [2.24, 2.45) is 5.73 Å². The molecule has 0 fully saturated rings. The van der Waals surface area contributed by atoms with Gasteiger partial charge in [-0.3, -0.25) is 0 Å². The summed E-state index contributed by atoms with van der Waals surface area (Å²) in [6.45, 7) is 9.65. The van der Waals surface area contributed by atoms with Crippen molar-refractivity contribution in [3.05, 3.63) is 34.5 Å². The lowest BCUT2D eigenvalue weighted by molar-refractivity contribution is 0.0697. The summed E-state index contributed by atoms with van der Waals surface area (Å²) in [6, 6.07) is 3.53. The van der Waals surface area contributed by atoms with Gasteiger partial charge >= 0.3 is 5.97 Å². The lowest BCUT2D eigenvalue weighted by atomic mass is 9.97. The number of aromatic carboxylic acids is 1. The van der Waals surface area contributed by atoms with Gasteiger partial charge in [-0.2, -0.15) is 0 Å². The van der Waals surface area contributed by atoms with E-state index < -0.39 is 5.97 Å². The predicted octanol–water partition coefficient (Wildman–Crippen LogP) is 3.04. The van der Waals surface area contributed by atoms with Gasteiger partial charge < -0.3 is 15.4 Å². The Hall–Kier alpha value is -1.81. The van der Waals surface area contributed by atoms with Crippen molar-refractivity contribution in [2.45, 2.75) is 40.2 Å². The van der Waals surface area contributed by atoms with Crippen LogP contribution in [-0.4, -0.2) is 22.2 Å². The smallest absolute Gasteiger partial charge is 0.335 e. The number of hydrogen-bond acceptors (Lipinski definition) is 2. The zero-order valence-corrected chi connectivity index (χ0v) is 12.5. The van der Waals surface area contributed by atoms with Crippen LogP contribution in [-0.2, 0) is 6.54 Å². The van der Waals surface area contributed by atoms with E-state index in [2.05, 4.69) is 25.3 Å². The van der Waals surface area contributed by atoms with Crippen molar-refractivity contribution in [1.82, 2.24) is 4.57 Å². The molecule has 0 saturated carbocycles. The van der Waals surface area contributed by atoms with Crippen LogP contribution in [0.4, 0.5) is 0 Å². The van der Waals surface area contributed by atoms with E-state index in [1.54, 1.807) is 12.1 Å². The van der Waals surface area contributed by atoms with Crippen molar-refractivity contribution in [3.8, 4) is 0 Å². The molecule has 0 radical (unpaired) electrons. The van der Waals surface area contributed by atoms with E-state index in [0.29, 0.717) is 18.0 Å². The Morgan fingerprint density at radius 3 is 2.50 bits per heavy atom.